The van der Waals surface area contributed by atoms with Gasteiger partial charge in [-0.05, 0) is 50.7 Å². The maximum atomic E-state index is 6.77. The number of allylic oxidation sites excluding steroid dienone is 4. The Morgan fingerprint density at radius 1 is 0.317 bits per heavy atom. The van der Waals surface area contributed by atoms with Crippen molar-refractivity contribution in [3.8, 4) is 0 Å². The Morgan fingerprint density at radius 2 is 0.561 bits per heavy atom. The lowest BCUT2D eigenvalue weighted by molar-refractivity contribution is 0.266. The Morgan fingerprint density at radius 3 is 0.854 bits per heavy atom. The minimum atomic E-state index is 1.13. The van der Waals surface area contributed by atoms with Crippen LogP contribution in [0.25, 0.3) is 0 Å². The van der Waals surface area contributed by atoms with Gasteiger partial charge in [0.25, 0.3) is 0 Å². The molecule has 0 aliphatic carbocycles. The molecule has 244 valence electrons. The molecule has 0 aliphatic heterocycles. The van der Waals surface area contributed by atoms with E-state index in [1.165, 1.54) is 204 Å². The zero-order chi connectivity index (χ0) is 29.9. The van der Waals surface area contributed by atoms with E-state index >= 15 is 0 Å². The van der Waals surface area contributed by atoms with Gasteiger partial charge in [0.15, 0.2) is 0 Å². The first-order valence-corrected chi connectivity index (χ1v) is 19.3. The van der Waals surface area contributed by atoms with Crippen LogP contribution in [0.3, 0.4) is 0 Å². The molecule has 0 atom stereocenters. The van der Waals surface area contributed by atoms with Gasteiger partial charge in [-0.25, -0.2) is 0 Å². The maximum Gasteiger partial charge on any atom is 0.0996 e. The molecule has 0 aromatic heterocycles. The summed E-state index contributed by atoms with van der Waals surface area (Å²) in [5, 5.41) is 0. The molecule has 0 saturated carbocycles. The van der Waals surface area contributed by atoms with Crippen molar-refractivity contribution in [2.45, 2.75) is 233 Å². The molecule has 0 spiro atoms. The summed E-state index contributed by atoms with van der Waals surface area (Å²) in [6, 6.07) is 0. The average molecular weight is 575 g/mol. The molecule has 0 amide bonds. The number of unbranched alkanes of at least 4 members (excludes halogenated alkanes) is 26. The summed E-state index contributed by atoms with van der Waals surface area (Å²) in [4.78, 5) is 0. The van der Waals surface area contributed by atoms with Gasteiger partial charge in [-0.2, -0.15) is 0 Å². The third kappa shape index (κ3) is 32.0. The second-order valence-corrected chi connectivity index (χ2v) is 13.0. The minimum absolute atomic E-state index is 1.13. The molecular formula is C40H78O. The molecule has 0 N–H and O–H groups in total. The third-order valence-corrected chi connectivity index (χ3v) is 8.68. The van der Waals surface area contributed by atoms with Gasteiger partial charge in [0.1, 0.15) is 0 Å². The van der Waals surface area contributed by atoms with Crippen molar-refractivity contribution in [2.75, 3.05) is 0 Å². The predicted molar refractivity (Wildman–Crippen MR) is 188 cm³/mol. The van der Waals surface area contributed by atoms with Crippen LogP contribution in [0.4, 0.5) is 0 Å². The standard InChI is InChI=1S/C40H78O/c1-5-9-13-17-21-23-25-29-33-37-39(35-31-27-19-15-11-7-3)41-40(36-32-28-20-16-12-8-4)38-34-30-26-24-22-18-14-10-6-2/h37-38H,5-36H2,1-4H3/b39-37-,40-38-. The lowest BCUT2D eigenvalue weighted by atomic mass is 10.1. The number of hydrogen-bond donors (Lipinski definition) is 0. The van der Waals surface area contributed by atoms with Gasteiger partial charge < -0.3 is 4.74 Å². The fraction of sp³-hybridized carbons (Fsp3) is 0.900. The first-order chi connectivity index (χ1) is 20.3. The minimum Gasteiger partial charge on any atom is -0.467 e. The quantitative estimate of drug-likeness (QED) is 0.0548. The van der Waals surface area contributed by atoms with Gasteiger partial charge in [-0.1, -0.05) is 182 Å². The first-order valence-electron chi connectivity index (χ1n) is 19.3. The third-order valence-electron chi connectivity index (χ3n) is 8.68. The van der Waals surface area contributed by atoms with Gasteiger partial charge in [-0.15, -0.1) is 0 Å². The highest BCUT2D eigenvalue weighted by atomic mass is 16.5. The fourth-order valence-corrected chi connectivity index (χ4v) is 5.80. The van der Waals surface area contributed by atoms with Crippen LogP contribution in [-0.4, -0.2) is 0 Å². The van der Waals surface area contributed by atoms with E-state index in [0.29, 0.717) is 0 Å². The Kier molecular flexibility index (Phi) is 34.9. The molecule has 1 heteroatoms. The molecule has 1 nitrogen and oxygen atoms in total. The van der Waals surface area contributed by atoms with Gasteiger partial charge in [0.05, 0.1) is 11.5 Å². The molecule has 41 heavy (non-hydrogen) atoms. The predicted octanol–water partition coefficient (Wildman–Crippen LogP) is 15.3. The van der Waals surface area contributed by atoms with Crippen molar-refractivity contribution in [2.24, 2.45) is 0 Å². The van der Waals surface area contributed by atoms with Crippen LogP contribution in [0.1, 0.15) is 233 Å². The summed E-state index contributed by atoms with van der Waals surface area (Å²) in [6.07, 6.45) is 48.2. The van der Waals surface area contributed by atoms with Crippen LogP contribution in [0.5, 0.6) is 0 Å². The molecule has 0 bridgehead atoms. The summed E-state index contributed by atoms with van der Waals surface area (Å²) >= 11 is 0. The van der Waals surface area contributed by atoms with Crippen molar-refractivity contribution >= 4 is 0 Å². The molecule has 0 aliphatic rings. The summed E-state index contributed by atoms with van der Waals surface area (Å²) in [5.74, 6) is 2.58. The SMILES string of the molecule is CCCCCCCCCC/C=C(/CCCCCCCC)O/C(=C\CCCCCCCCCC)CCCCCCCC. The molecule has 0 aromatic carbocycles. The van der Waals surface area contributed by atoms with E-state index in [1.54, 1.807) is 0 Å². The second-order valence-electron chi connectivity index (χ2n) is 13.0. The Labute approximate surface area is 261 Å². The van der Waals surface area contributed by atoms with Crippen LogP contribution in [0.15, 0.2) is 23.7 Å². The van der Waals surface area contributed by atoms with Crippen LogP contribution < -0.4 is 0 Å². The van der Waals surface area contributed by atoms with Gasteiger partial charge in [0, 0.05) is 12.8 Å². The van der Waals surface area contributed by atoms with Crippen LogP contribution in [0, 0.1) is 0 Å². The Hall–Kier alpha value is -0.720. The average Bonchev–Trinajstić information content (AvgIpc) is 2.98. The number of rotatable bonds is 34. The highest BCUT2D eigenvalue weighted by Crippen LogP contribution is 2.23. The van der Waals surface area contributed by atoms with Gasteiger partial charge in [-0.3, -0.25) is 0 Å². The zero-order valence-corrected chi connectivity index (χ0v) is 29.2. The van der Waals surface area contributed by atoms with Crippen molar-refractivity contribution < 1.29 is 4.74 Å². The highest BCUT2D eigenvalue weighted by molar-refractivity contribution is 5.02. The van der Waals surface area contributed by atoms with E-state index in [9.17, 15) is 0 Å². The monoisotopic (exact) mass is 575 g/mol. The maximum absolute atomic E-state index is 6.77. The Bertz CT molecular complexity index is 497. The molecule has 0 fully saturated rings. The van der Waals surface area contributed by atoms with E-state index in [0.717, 1.165) is 12.8 Å². The molecule has 0 aromatic rings. The van der Waals surface area contributed by atoms with Gasteiger partial charge >= 0.3 is 0 Å². The van der Waals surface area contributed by atoms with E-state index in [2.05, 4.69) is 39.8 Å². The molecule has 0 saturated heterocycles. The summed E-state index contributed by atoms with van der Waals surface area (Å²) in [6.45, 7) is 9.24. The number of ether oxygens (including phenoxy) is 1. The lowest BCUT2D eigenvalue weighted by Gasteiger charge is -2.15. The van der Waals surface area contributed by atoms with E-state index in [4.69, 9.17) is 4.74 Å². The van der Waals surface area contributed by atoms with Crippen LogP contribution in [-0.2, 0) is 4.74 Å². The van der Waals surface area contributed by atoms with Crippen molar-refractivity contribution in [1.82, 2.24) is 0 Å². The van der Waals surface area contributed by atoms with E-state index in [-0.39, 0.29) is 0 Å². The van der Waals surface area contributed by atoms with Crippen LogP contribution in [0.2, 0.25) is 0 Å². The zero-order valence-electron chi connectivity index (χ0n) is 29.2. The van der Waals surface area contributed by atoms with Crippen molar-refractivity contribution in [3.63, 3.8) is 0 Å². The largest absolute Gasteiger partial charge is 0.467 e. The molecule has 0 unspecified atom stereocenters. The number of hydrogen-bond acceptors (Lipinski definition) is 1. The Balaban J connectivity index is 4.82. The lowest BCUT2D eigenvalue weighted by Crippen LogP contribution is -1.97. The molecule has 0 heterocycles. The summed E-state index contributed by atoms with van der Waals surface area (Å²) < 4.78 is 6.77. The molecule has 0 radical (unpaired) electrons. The molecular weight excluding hydrogens is 496 g/mol. The van der Waals surface area contributed by atoms with Crippen molar-refractivity contribution in [1.29, 1.82) is 0 Å². The normalized spacial score (nSPS) is 12.4. The topological polar surface area (TPSA) is 9.23 Å². The van der Waals surface area contributed by atoms with Crippen molar-refractivity contribution in [3.05, 3.63) is 23.7 Å². The first kappa shape index (κ1) is 40.3. The molecule has 0 rings (SSSR count). The summed E-state index contributed by atoms with van der Waals surface area (Å²) in [5.41, 5.74) is 0. The van der Waals surface area contributed by atoms with E-state index in [1.807, 2.05) is 0 Å². The second kappa shape index (κ2) is 35.5. The smallest absolute Gasteiger partial charge is 0.0996 e. The summed E-state index contributed by atoms with van der Waals surface area (Å²) in [7, 11) is 0. The van der Waals surface area contributed by atoms with Crippen LogP contribution >= 0.6 is 0 Å². The van der Waals surface area contributed by atoms with Gasteiger partial charge in [0.2, 0.25) is 0 Å². The fourth-order valence-electron chi connectivity index (χ4n) is 5.80. The highest BCUT2D eigenvalue weighted by Gasteiger charge is 2.06. The van der Waals surface area contributed by atoms with E-state index < -0.39 is 0 Å².